The standard InChI is InChI=1S/C13H28N2/c1-10(2)14-9-12-5-7-13(8-6-12)15-11(3)4/h10-15H,5-9H2,1-4H3. The zero-order chi connectivity index (χ0) is 11.3. The maximum atomic E-state index is 3.65. The first-order valence-corrected chi connectivity index (χ1v) is 6.57. The second-order valence-corrected chi connectivity index (χ2v) is 5.60. The molecule has 1 saturated carbocycles. The molecule has 0 radical (unpaired) electrons. The van der Waals surface area contributed by atoms with Gasteiger partial charge in [-0.05, 0) is 38.1 Å². The minimum Gasteiger partial charge on any atom is -0.314 e. The minimum atomic E-state index is 0.636. The Bertz CT molecular complexity index is 158. The Morgan fingerprint density at radius 3 is 2.00 bits per heavy atom. The van der Waals surface area contributed by atoms with Crippen molar-refractivity contribution in [2.45, 2.75) is 71.5 Å². The zero-order valence-electron chi connectivity index (χ0n) is 10.8. The number of rotatable bonds is 5. The molecule has 2 nitrogen and oxygen atoms in total. The molecule has 0 aliphatic heterocycles. The number of hydrogen-bond acceptors (Lipinski definition) is 2. The Hall–Kier alpha value is -0.0800. The van der Waals surface area contributed by atoms with Crippen LogP contribution in [0, 0.1) is 5.92 Å². The molecule has 0 spiro atoms. The average Bonchev–Trinajstić information content (AvgIpc) is 2.16. The van der Waals surface area contributed by atoms with E-state index >= 15 is 0 Å². The van der Waals surface area contributed by atoms with E-state index < -0.39 is 0 Å². The molecule has 0 saturated heterocycles. The first-order valence-electron chi connectivity index (χ1n) is 6.57. The molecule has 0 aromatic rings. The second-order valence-electron chi connectivity index (χ2n) is 5.60. The molecule has 2 N–H and O–H groups in total. The predicted molar refractivity (Wildman–Crippen MR) is 67.2 cm³/mol. The molecular formula is C13H28N2. The van der Waals surface area contributed by atoms with E-state index in [-0.39, 0.29) is 0 Å². The van der Waals surface area contributed by atoms with Crippen molar-refractivity contribution in [2.75, 3.05) is 6.54 Å². The molecule has 0 bridgehead atoms. The fourth-order valence-electron chi connectivity index (χ4n) is 2.41. The van der Waals surface area contributed by atoms with Gasteiger partial charge in [-0.15, -0.1) is 0 Å². The van der Waals surface area contributed by atoms with Crippen molar-refractivity contribution in [1.82, 2.24) is 10.6 Å². The first kappa shape index (κ1) is 13.0. The summed E-state index contributed by atoms with van der Waals surface area (Å²) in [6.07, 6.45) is 5.51. The van der Waals surface area contributed by atoms with Crippen molar-refractivity contribution < 1.29 is 0 Å². The van der Waals surface area contributed by atoms with Gasteiger partial charge in [0.15, 0.2) is 0 Å². The van der Waals surface area contributed by atoms with E-state index in [0.29, 0.717) is 12.1 Å². The van der Waals surface area contributed by atoms with Crippen LogP contribution in [0.4, 0.5) is 0 Å². The fraction of sp³-hybridized carbons (Fsp3) is 1.00. The highest BCUT2D eigenvalue weighted by atomic mass is 14.9. The van der Waals surface area contributed by atoms with E-state index in [4.69, 9.17) is 0 Å². The lowest BCUT2D eigenvalue weighted by Crippen LogP contribution is -2.39. The van der Waals surface area contributed by atoms with Gasteiger partial charge in [0, 0.05) is 18.1 Å². The highest BCUT2D eigenvalue weighted by Gasteiger charge is 2.21. The summed E-state index contributed by atoms with van der Waals surface area (Å²) in [5, 5.41) is 7.20. The number of nitrogens with one attached hydrogen (secondary N) is 2. The van der Waals surface area contributed by atoms with Crippen LogP contribution in [0.2, 0.25) is 0 Å². The van der Waals surface area contributed by atoms with Crippen molar-refractivity contribution in [3.8, 4) is 0 Å². The van der Waals surface area contributed by atoms with Gasteiger partial charge in [0.25, 0.3) is 0 Å². The van der Waals surface area contributed by atoms with Crippen molar-refractivity contribution in [1.29, 1.82) is 0 Å². The molecule has 0 atom stereocenters. The molecule has 90 valence electrons. The van der Waals surface area contributed by atoms with Gasteiger partial charge in [-0.25, -0.2) is 0 Å². The van der Waals surface area contributed by atoms with Gasteiger partial charge in [-0.3, -0.25) is 0 Å². The smallest absolute Gasteiger partial charge is 0.00696 e. The van der Waals surface area contributed by atoms with Gasteiger partial charge in [-0.2, -0.15) is 0 Å². The molecule has 2 heteroatoms. The molecule has 1 fully saturated rings. The van der Waals surface area contributed by atoms with Gasteiger partial charge in [0.05, 0.1) is 0 Å². The highest BCUT2D eigenvalue weighted by molar-refractivity contribution is 4.79. The molecule has 1 aliphatic carbocycles. The molecule has 0 heterocycles. The number of hydrogen-bond donors (Lipinski definition) is 2. The summed E-state index contributed by atoms with van der Waals surface area (Å²) in [4.78, 5) is 0. The third-order valence-electron chi connectivity index (χ3n) is 3.23. The van der Waals surface area contributed by atoms with Crippen LogP contribution in [-0.4, -0.2) is 24.7 Å². The van der Waals surface area contributed by atoms with Gasteiger partial charge >= 0.3 is 0 Å². The third kappa shape index (κ3) is 5.53. The summed E-state index contributed by atoms with van der Waals surface area (Å²) < 4.78 is 0. The first-order chi connectivity index (χ1) is 7.08. The molecule has 0 aromatic heterocycles. The molecular weight excluding hydrogens is 184 g/mol. The van der Waals surface area contributed by atoms with Gasteiger partial charge < -0.3 is 10.6 Å². The van der Waals surface area contributed by atoms with Gasteiger partial charge in [0.2, 0.25) is 0 Å². The van der Waals surface area contributed by atoms with Crippen molar-refractivity contribution >= 4 is 0 Å². The Morgan fingerprint density at radius 1 is 0.933 bits per heavy atom. The monoisotopic (exact) mass is 212 g/mol. The quantitative estimate of drug-likeness (QED) is 0.732. The lowest BCUT2D eigenvalue weighted by atomic mass is 9.85. The highest BCUT2D eigenvalue weighted by Crippen LogP contribution is 2.24. The van der Waals surface area contributed by atoms with Crippen molar-refractivity contribution in [2.24, 2.45) is 5.92 Å². The van der Waals surface area contributed by atoms with Crippen LogP contribution < -0.4 is 10.6 Å². The summed E-state index contributed by atoms with van der Waals surface area (Å²) in [6.45, 7) is 10.2. The molecule has 0 aromatic carbocycles. The van der Waals surface area contributed by atoms with Crippen molar-refractivity contribution in [3.05, 3.63) is 0 Å². The summed E-state index contributed by atoms with van der Waals surface area (Å²) in [6, 6.07) is 2.05. The van der Waals surface area contributed by atoms with E-state index in [2.05, 4.69) is 38.3 Å². The summed E-state index contributed by atoms with van der Waals surface area (Å²) >= 11 is 0. The summed E-state index contributed by atoms with van der Waals surface area (Å²) in [7, 11) is 0. The van der Waals surface area contributed by atoms with Crippen LogP contribution in [0.1, 0.15) is 53.4 Å². The third-order valence-corrected chi connectivity index (χ3v) is 3.23. The van der Waals surface area contributed by atoms with Gasteiger partial charge in [0.1, 0.15) is 0 Å². The largest absolute Gasteiger partial charge is 0.314 e. The Kier molecular flexibility index (Phi) is 5.62. The normalized spacial score (nSPS) is 27.6. The van der Waals surface area contributed by atoms with Crippen LogP contribution in [0.15, 0.2) is 0 Å². The van der Waals surface area contributed by atoms with Crippen LogP contribution in [0.25, 0.3) is 0 Å². The predicted octanol–water partition coefficient (Wildman–Crippen LogP) is 2.54. The summed E-state index contributed by atoms with van der Waals surface area (Å²) in [5.74, 6) is 0.914. The van der Waals surface area contributed by atoms with Crippen LogP contribution in [-0.2, 0) is 0 Å². The van der Waals surface area contributed by atoms with E-state index in [1.54, 1.807) is 0 Å². The maximum absolute atomic E-state index is 3.65. The van der Waals surface area contributed by atoms with E-state index in [0.717, 1.165) is 12.0 Å². The maximum Gasteiger partial charge on any atom is 0.00696 e. The minimum absolute atomic E-state index is 0.636. The molecule has 1 aliphatic rings. The van der Waals surface area contributed by atoms with Crippen LogP contribution in [0.3, 0.4) is 0 Å². The fourth-order valence-corrected chi connectivity index (χ4v) is 2.41. The molecule has 1 rings (SSSR count). The molecule has 0 amide bonds. The zero-order valence-corrected chi connectivity index (χ0v) is 10.8. The summed E-state index contributed by atoms with van der Waals surface area (Å²) in [5.41, 5.74) is 0. The second kappa shape index (κ2) is 6.49. The topological polar surface area (TPSA) is 24.1 Å². The van der Waals surface area contributed by atoms with Crippen LogP contribution >= 0.6 is 0 Å². The Morgan fingerprint density at radius 2 is 1.53 bits per heavy atom. The average molecular weight is 212 g/mol. The van der Waals surface area contributed by atoms with E-state index in [1.807, 2.05) is 0 Å². The Labute approximate surface area is 95.2 Å². The van der Waals surface area contributed by atoms with Crippen molar-refractivity contribution in [3.63, 3.8) is 0 Å². The lowest BCUT2D eigenvalue weighted by Gasteiger charge is -2.31. The molecule has 15 heavy (non-hydrogen) atoms. The van der Waals surface area contributed by atoms with Crippen LogP contribution in [0.5, 0.6) is 0 Å². The lowest BCUT2D eigenvalue weighted by molar-refractivity contribution is 0.270. The SMILES string of the molecule is CC(C)NCC1CCC(NC(C)C)CC1. The Balaban J connectivity index is 2.12. The van der Waals surface area contributed by atoms with Gasteiger partial charge in [-0.1, -0.05) is 27.7 Å². The van der Waals surface area contributed by atoms with E-state index in [1.165, 1.54) is 32.2 Å². The molecule has 0 unspecified atom stereocenters. The van der Waals surface area contributed by atoms with E-state index in [9.17, 15) is 0 Å².